The number of pyridine rings is 1. The molecule has 2 aliphatic carbocycles. The standard InChI is InChI=1S/C38H58ClN7O3Si/c1-24(2)46-35(37(40)47)30(22-41-46)34(33(27-14-10-8-11-15-27)28-16-12-9-13-17-28)38(48)43-31-19-18-29(36(39)42-31)32-25(3)44-45(26(32)4)23-49-20-21-50(5,6)7/h18-19,22,24,27-28,33-34H,8-17,20-21,23H2,1-7H3,(H2,40,47)(H,42,43,48). The summed E-state index contributed by atoms with van der Waals surface area (Å²) in [6.45, 7) is 16.0. The minimum Gasteiger partial charge on any atom is -0.364 e. The number of hydrogen-bond donors (Lipinski definition) is 2. The number of hydrogen-bond acceptors (Lipinski definition) is 6. The summed E-state index contributed by atoms with van der Waals surface area (Å²) in [4.78, 5) is 32.5. The maximum Gasteiger partial charge on any atom is 0.267 e. The first kappa shape index (κ1) is 38.2. The molecule has 2 fully saturated rings. The number of amides is 2. The number of nitrogens with two attached hydrogens (primary N) is 1. The smallest absolute Gasteiger partial charge is 0.267 e. The minimum absolute atomic E-state index is 0.0670. The molecule has 0 bridgehead atoms. The molecule has 274 valence electrons. The van der Waals surface area contributed by atoms with Crippen molar-refractivity contribution < 1.29 is 14.3 Å². The van der Waals surface area contributed by atoms with E-state index >= 15 is 0 Å². The van der Waals surface area contributed by atoms with Crippen molar-refractivity contribution in [3.8, 4) is 11.1 Å². The Balaban J connectivity index is 1.47. The first-order chi connectivity index (χ1) is 23.8. The Kier molecular flexibility index (Phi) is 12.6. The molecule has 2 saturated carbocycles. The number of anilines is 1. The van der Waals surface area contributed by atoms with E-state index in [-0.39, 0.29) is 23.0 Å². The average Bonchev–Trinajstić information content (AvgIpc) is 3.63. The quantitative estimate of drug-likeness (QED) is 0.0971. The normalized spacial score (nSPS) is 17.1. The maximum atomic E-state index is 14.8. The lowest BCUT2D eigenvalue weighted by atomic mass is 9.63. The zero-order valence-corrected chi connectivity index (χ0v) is 33.0. The summed E-state index contributed by atoms with van der Waals surface area (Å²) in [6.07, 6.45) is 13.2. The molecule has 3 aromatic heterocycles. The number of halogens is 1. The van der Waals surface area contributed by atoms with E-state index in [9.17, 15) is 9.59 Å². The molecule has 2 aliphatic rings. The molecule has 3 aromatic rings. The summed E-state index contributed by atoms with van der Waals surface area (Å²) in [7, 11) is -1.19. The summed E-state index contributed by atoms with van der Waals surface area (Å²) in [6, 6.07) is 4.71. The number of carbonyl (C=O) groups is 2. The molecular formula is C38H58ClN7O3Si. The highest BCUT2D eigenvalue weighted by Crippen LogP contribution is 2.48. The molecule has 3 N–H and O–H groups in total. The first-order valence-corrected chi connectivity index (χ1v) is 22.8. The van der Waals surface area contributed by atoms with Crippen LogP contribution < -0.4 is 11.1 Å². The van der Waals surface area contributed by atoms with Gasteiger partial charge >= 0.3 is 0 Å². The van der Waals surface area contributed by atoms with E-state index in [0.717, 1.165) is 79.9 Å². The van der Waals surface area contributed by atoms with Crippen molar-refractivity contribution in [3.05, 3.63) is 46.1 Å². The summed E-state index contributed by atoms with van der Waals surface area (Å²) in [5.74, 6) is -0.151. The van der Waals surface area contributed by atoms with Gasteiger partial charge in [0.15, 0.2) is 0 Å². The molecule has 10 nitrogen and oxygen atoms in total. The number of ether oxygens (including phenoxy) is 1. The van der Waals surface area contributed by atoms with Crippen LogP contribution in [0.4, 0.5) is 5.82 Å². The summed E-state index contributed by atoms with van der Waals surface area (Å²) in [5, 5.41) is 12.8. The van der Waals surface area contributed by atoms with Gasteiger partial charge in [-0.15, -0.1) is 0 Å². The lowest BCUT2D eigenvalue weighted by Crippen LogP contribution is -2.39. The molecule has 12 heteroatoms. The lowest BCUT2D eigenvalue weighted by molar-refractivity contribution is -0.120. The van der Waals surface area contributed by atoms with E-state index in [4.69, 9.17) is 32.2 Å². The number of carbonyl (C=O) groups excluding carboxylic acids is 2. The molecular weight excluding hydrogens is 666 g/mol. The van der Waals surface area contributed by atoms with Crippen molar-refractivity contribution in [2.45, 2.75) is 136 Å². The van der Waals surface area contributed by atoms with E-state index in [1.165, 1.54) is 12.8 Å². The van der Waals surface area contributed by atoms with Crippen molar-refractivity contribution >= 4 is 37.3 Å². The molecule has 0 aromatic carbocycles. The molecule has 50 heavy (non-hydrogen) atoms. The predicted molar refractivity (Wildman–Crippen MR) is 203 cm³/mol. The number of rotatable bonds is 14. The van der Waals surface area contributed by atoms with Crippen molar-refractivity contribution in [1.82, 2.24) is 24.5 Å². The van der Waals surface area contributed by atoms with Crippen LogP contribution in [0.15, 0.2) is 18.3 Å². The molecule has 0 saturated heterocycles. The Hall–Kier alpha value is -3.02. The van der Waals surface area contributed by atoms with Gasteiger partial charge in [0.1, 0.15) is 23.4 Å². The summed E-state index contributed by atoms with van der Waals surface area (Å²) in [5.41, 5.74) is 10.4. The van der Waals surface area contributed by atoms with E-state index < -0.39 is 19.9 Å². The second-order valence-corrected chi connectivity index (χ2v) is 22.1. The Morgan fingerprint density at radius 1 is 1.02 bits per heavy atom. The van der Waals surface area contributed by atoms with E-state index in [2.05, 4.69) is 30.1 Å². The van der Waals surface area contributed by atoms with Crippen molar-refractivity contribution in [1.29, 1.82) is 0 Å². The average molecular weight is 724 g/mol. The van der Waals surface area contributed by atoms with Crippen molar-refractivity contribution in [2.75, 3.05) is 11.9 Å². The fourth-order valence-electron chi connectivity index (χ4n) is 8.38. The molecule has 1 atom stereocenters. The van der Waals surface area contributed by atoms with Gasteiger partial charge in [0.25, 0.3) is 5.91 Å². The van der Waals surface area contributed by atoms with Gasteiger partial charge in [-0.2, -0.15) is 10.2 Å². The van der Waals surface area contributed by atoms with Crippen LogP contribution in [0.5, 0.6) is 0 Å². The van der Waals surface area contributed by atoms with Crippen molar-refractivity contribution in [3.63, 3.8) is 0 Å². The zero-order chi connectivity index (χ0) is 36.2. The molecule has 3 heterocycles. The number of primary amides is 1. The topological polar surface area (TPSA) is 130 Å². The molecule has 5 rings (SSSR count). The third kappa shape index (κ3) is 8.88. The van der Waals surface area contributed by atoms with Crippen LogP contribution in [-0.4, -0.2) is 51.0 Å². The Morgan fingerprint density at radius 3 is 2.18 bits per heavy atom. The van der Waals surface area contributed by atoms with Crippen LogP contribution in [0.2, 0.25) is 30.8 Å². The second kappa shape index (κ2) is 16.5. The predicted octanol–water partition coefficient (Wildman–Crippen LogP) is 8.90. The van der Waals surface area contributed by atoms with Gasteiger partial charge in [-0.05, 0) is 63.6 Å². The van der Waals surface area contributed by atoms with Gasteiger partial charge in [-0.25, -0.2) is 9.67 Å². The Morgan fingerprint density at radius 2 is 1.64 bits per heavy atom. The third-order valence-electron chi connectivity index (χ3n) is 10.9. The fraction of sp³-hybridized carbons (Fsp3) is 0.658. The van der Waals surface area contributed by atoms with Crippen molar-refractivity contribution in [2.24, 2.45) is 23.5 Å². The summed E-state index contributed by atoms with van der Waals surface area (Å²) < 4.78 is 9.52. The lowest BCUT2D eigenvalue weighted by Gasteiger charge is -2.41. The number of nitrogens with one attached hydrogen (secondary N) is 1. The Labute approximate surface area is 304 Å². The Bertz CT molecular complexity index is 1620. The largest absolute Gasteiger partial charge is 0.364 e. The SMILES string of the molecule is Cc1nn(COCC[Si](C)(C)C)c(C)c1-c1ccc(NC(=O)C(c2cnn(C(C)C)c2C(N)=O)C(C2CCCCC2)C2CCCCC2)nc1Cl. The van der Waals surface area contributed by atoms with Gasteiger partial charge in [0.05, 0.1) is 17.8 Å². The van der Waals surface area contributed by atoms with Gasteiger partial charge in [-0.3, -0.25) is 14.3 Å². The van der Waals surface area contributed by atoms with Crippen LogP contribution in [0, 0.1) is 31.6 Å². The molecule has 1 unspecified atom stereocenters. The summed E-state index contributed by atoms with van der Waals surface area (Å²) >= 11 is 6.88. The van der Waals surface area contributed by atoms with Crippen LogP contribution in [-0.2, 0) is 16.3 Å². The number of aryl methyl sites for hydroxylation is 1. The molecule has 0 aliphatic heterocycles. The fourth-order valence-corrected chi connectivity index (χ4v) is 9.38. The van der Waals surface area contributed by atoms with Gasteiger partial charge in [0, 0.05) is 43.1 Å². The highest BCUT2D eigenvalue weighted by Gasteiger charge is 2.43. The minimum atomic E-state index is -1.19. The van der Waals surface area contributed by atoms with E-state index in [1.54, 1.807) is 16.9 Å². The van der Waals surface area contributed by atoms with Gasteiger partial charge < -0.3 is 15.8 Å². The second-order valence-electron chi connectivity index (χ2n) is 16.1. The highest BCUT2D eigenvalue weighted by molar-refractivity contribution is 6.76. The van der Waals surface area contributed by atoms with Crippen LogP contribution >= 0.6 is 11.6 Å². The number of nitrogens with zero attached hydrogens (tertiary/aromatic N) is 5. The van der Waals surface area contributed by atoms with Crippen LogP contribution in [0.3, 0.4) is 0 Å². The first-order valence-electron chi connectivity index (χ1n) is 18.7. The van der Waals surface area contributed by atoms with E-state index in [0.29, 0.717) is 42.2 Å². The van der Waals surface area contributed by atoms with Gasteiger partial charge in [0.2, 0.25) is 5.91 Å². The molecule has 2 amide bonds. The zero-order valence-electron chi connectivity index (χ0n) is 31.2. The van der Waals surface area contributed by atoms with E-state index in [1.807, 2.05) is 38.4 Å². The van der Waals surface area contributed by atoms with Crippen LogP contribution in [0.1, 0.15) is 117 Å². The third-order valence-corrected chi connectivity index (χ3v) is 12.9. The monoisotopic (exact) mass is 723 g/mol. The molecule has 0 radical (unpaired) electrons. The van der Waals surface area contributed by atoms with Crippen LogP contribution in [0.25, 0.3) is 11.1 Å². The number of aromatic nitrogens is 5. The highest BCUT2D eigenvalue weighted by atomic mass is 35.5. The van der Waals surface area contributed by atoms with Gasteiger partial charge in [-0.1, -0.05) is 95.5 Å². The molecule has 0 spiro atoms. The maximum absolute atomic E-state index is 14.8.